The molecule has 0 saturated carbocycles. The number of carbonyl (C=O) groups excluding carboxylic acids is 2. The number of furan rings is 1. The number of para-hydroxylation sites is 1. The molecule has 0 saturated heterocycles. The Kier molecular flexibility index (Phi) is 4.36. The number of nitro benzene ring substituents is 1. The maximum Gasteiger partial charge on any atom is 0.305 e. The minimum absolute atomic E-state index is 0.0446. The normalized spacial score (nSPS) is 10.5. The highest BCUT2D eigenvalue weighted by Crippen LogP contribution is 2.27. The third-order valence-electron chi connectivity index (χ3n) is 3.75. The minimum Gasteiger partial charge on any atom is -0.447 e. The van der Waals surface area contributed by atoms with Crippen LogP contribution < -0.4 is 10.9 Å². The number of benzene rings is 2. The molecule has 2 aromatic carbocycles. The largest absolute Gasteiger partial charge is 0.447 e. The van der Waals surface area contributed by atoms with Gasteiger partial charge in [0.05, 0.1) is 4.92 Å². The number of fused-ring (bicyclic) bond motifs is 1. The fourth-order valence-electron chi connectivity index (χ4n) is 2.40. The van der Waals surface area contributed by atoms with Crippen LogP contribution in [0.15, 0.2) is 46.9 Å². The molecular weight excluding hydrogens is 345 g/mol. The second-order valence-corrected chi connectivity index (χ2v) is 5.38. The van der Waals surface area contributed by atoms with Crippen LogP contribution in [-0.4, -0.2) is 16.7 Å². The highest BCUT2D eigenvalue weighted by atomic mass is 19.1. The summed E-state index contributed by atoms with van der Waals surface area (Å²) in [4.78, 5) is 34.2. The van der Waals surface area contributed by atoms with Crippen molar-refractivity contribution in [1.82, 2.24) is 10.9 Å². The van der Waals surface area contributed by atoms with Crippen molar-refractivity contribution in [2.45, 2.75) is 6.92 Å². The van der Waals surface area contributed by atoms with Crippen LogP contribution in [0.2, 0.25) is 0 Å². The maximum atomic E-state index is 13.7. The molecule has 2 amide bonds. The zero-order valence-electron chi connectivity index (χ0n) is 13.4. The molecule has 8 nitrogen and oxygen atoms in total. The summed E-state index contributed by atoms with van der Waals surface area (Å²) in [5, 5.41) is 11.1. The van der Waals surface area contributed by atoms with Crippen molar-refractivity contribution >= 4 is 28.5 Å². The molecule has 9 heteroatoms. The molecule has 0 atom stereocenters. The lowest BCUT2D eigenvalue weighted by Crippen LogP contribution is -2.41. The molecule has 1 aromatic heterocycles. The lowest BCUT2D eigenvalue weighted by atomic mass is 10.1. The molecule has 0 bridgehead atoms. The monoisotopic (exact) mass is 357 g/mol. The van der Waals surface area contributed by atoms with Gasteiger partial charge in [-0.25, -0.2) is 4.39 Å². The number of hydrazine groups is 1. The number of rotatable bonds is 3. The summed E-state index contributed by atoms with van der Waals surface area (Å²) in [6.45, 7) is 1.60. The Balaban J connectivity index is 1.72. The minimum atomic E-state index is -0.756. The predicted octanol–water partition coefficient (Wildman–Crippen LogP) is 2.86. The summed E-state index contributed by atoms with van der Waals surface area (Å²) in [5.41, 5.74) is 4.68. The van der Waals surface area contributed by atoms with Crippen LogP contribution in [-0.2, 0) is 0 Å². The van der Waals surface area contributed by atoms with E-state index in [0.29, 0.717) is 10.9 Å². The van der Waals surface area contributed by atoms with E-state index in [2.05, 4.69) is 10.9 Å². The number of nitro groups is 1. The Morgan fingerprint density at radius 2 is 1.73 bits per heavy atom. The summed E-state index contributed by atoms with van der Waals surface area (Å²) < 4.78 is 19.0. The van der Waals surface area contributed by atoms with E-state index in [0.717, 1.165) is 0 Å². The Labute approximate surface area is 145 Å². The highest BCUT2D eigenvalue weighted by Gasteiger charge is 2.20. The van der Waals surface area contributed by atoms with Gasteiger partial charge in [-0.15, -0.1) is 0 Å². The first-order chi connectivity index (χ1) is 12.4. The number of hydrogen-bond acceptors (Lipinski definition) is 5. The molecule has 0 aliphatic rings. The maximum absolute atomic E-state index is 13.7. The molecule has 0 aliphatic carbocycles. The fourth-order valence-corrected chi connectivity index (χ4v) is 2.40. The summed E-state index contributed by atoms with van der Waals surface area (Å²) in [6.07, 6.45) is 0. The first-order valence-electron chi connectivity index (χ1n) is 7.41. The van der Waals surface area contributed by atoms with E-state index in [9.17, 15) is 24.1 Å². The van der Waals surface area contributed by atoms with Gasteiger partial charge in [0.25, 0.3) is 11.6 Å². The molecule has 0 radical (unpaired) electrons. The molecular formula is C17H12FN3O5. The summed E-state index contributed by atoms with van der Waals surface area (Å²) in [6, 6.07) is 9.17. The number of nitrogens with one attached hydrogen (secondary N) is 2. The number of aryl methyl sites for hydroxylation is 1. The Bertz CT molecular complexity index is 1030. The van der Waals surface area contributed by atoms with Gasteiger partial charge in [-0.2, -0.15) is 0 Å². The van der Waals surface area contributed by atoms with Crippen LogP contribution in [0, 0.1) is 22.9 Å². The van der Waals surface area contributed by atoms with Gasteiger partial charge in [0, 0.05) is 28.6 Å². The molecule has 0 aliphatic heterocycles. The van der Waals surface area contributed by atoms with Crippen LogP contribution in [0.1, 0.15) is 26.5 Å². The third kappa shape index (κ3) is 3.09. The van der Waals surface area contributed by atoms with Crippen LogP contribution in [0.3, 0.4) is 0 Å². The second kappa shape index (κ2) is 6.63. The second-order valence-electron chi connectivity index (χ2n) is 5.38. The van der Waals surface area contributed by atoms with Crippen LogP contribution in [0.5, 0.6) is 0 Å². The topological polar surface area (TPSA) is 114 Å². The van der Waals surface area contributed by atoms with Crippen molar-refractivity contribution < 1.29 is 23.3 Å². The van der Waals surface area contributed by atoms with Gasteiger partial charge in [-0.3, -0.25) is 30.6 Å². The number of carbonyl (C=O) groups is 2. The highest BCUT2D eigenvalue weighted by molar-refractivity contribution is 6.01. The van der Waals surface area contributed by atoms with Gasteiger partial charge >= 0.3 is 5.91 Å². The van der Waals surface area contributed by atoms with Gasteiger partial charge < -0.3 is 4.42 Å². The van der Waals surface area contributed by atoms with Crippen molar-refractivity contribution in [2.24, 2.45) is 0 Å². The number of hydrogen-bond donors (Lipinski definition) is 2. The number of halogens is 1. The van der Waals surface area contributed by atoms with E-state index in [1.165, 1.54) is 36.4 Å². The van der Waals surface area contributed by atoms with Gasteiger partial charge in [-0.1, -0.05) is 12.1 Å². The zero-order valence-corrected chi connectivity index (χ0v) is 13.4. The van der Waals surface area contributed by atoms with Crippen molar-refractivity contribution in [3.8, 4) is 0 Å². The van der Waals surface area contributed by atoms with Crippen molar-refractivity contribution in [2.75, 3.05) is 0 Å². The smallest absolute Gasteiger partial charge is 0.305 e. The van der Waals surface area contributed by atoms with Gasteiger partial charge in [0.15, 0.2) is 17.2 Å². The van der Waals surface area contributed by atoms with Crippen molar-refractivity contribution in [3.05, 3.63) is 75.3 Å². The number of amides is 2. The Hall–Kier alpha value is -3.75. The summed E-state index contributed by atoms with van der Waals surface area (Å²) in [7, 11) is 0. The molecule has 3 rings (SSSR count). The SMILES string of the molecule is Cc1c(C(=O)NNC(=O)c2ccc([N+](=O)[O-])cc2)oc2c(F)cccc12. The van der Waals surface area contributed by atoms with E-state index in [-0.39, 0.29) is 22.6 Å². The third-order valence-corrected chi connectivity index (χ3v) is 3.75. The predicted molar refractivity (Wildman–Crippen MR) is 88.9 cm³/mol. The van der Waals surface area contributed by atoms with E-state index >= 15 is 0 Å². The Morgan fingerprint density at radius 1 is 1.08 bits per heavy atom. The standard InChI is InChI=1S/C17H12FN3O5/c1-9-12-3-2-4-13(18)15(12)26-14(9)17(23)20-19-16(22)10-5-7-11(8-6-10)21(24)25/h2-8H,1H3,(H,19,22)(H,20,23). The first kappa shape index (κ1) is 17.1. The van der Waals surface area contributed by atoms with Crippen LogP contribution >= 0.6 is 0 Å². The molecule has 0 spiro atoms. The Morgan fingerprint density at radius 3 is 2.35 bits per heavy atom. The molecule has 132 valence electrons. The zero-order chi connectivity index (χ0) is 18.8. The summed E-state index contributed by atoms with van der Waals surface area (Å²) >= 11 is 0. The van der Waals surface area contributed by atoms with E-state index in [1.807, 2.05) is 0 Å². The van der Waals surface area contributed by atoms with Gasteiger partial charge in [0.1, 0.15) is 0 Å². The van der Waals surface area contributed by atoms with Crippen LogP contribution in [0.4, 0.5) is 10.1 Å². The first-order valence-corrected chi connectivity index (χ1v) is 7.41. The lowest BCUT2D eigenvalue weighted by molar-refractivity contribution is -0.384. The van der Waals surface area contributed by atoms with E-state index in [1.54, 1.807) is 13.0 Å². The molecule has 0 fully saturated rings. The van der Waals surface area contributed by atoms with E-state index in [4.69, 9.17) is 4.42 Å². The fraction of sp³-hybridized carbons (Fsp3) is 0.0588. The lowest BCUT2D eigenvalue weighted by Gasteiger charge is -2.06. The quantitative estimate of drug-likeness (QED) is 0.552. The van der Waals surface area contributed by atoms with Gasteiger partial charge in [0.2, 0.25) is 0 Å². The average molecular weight is 357 g/mol. The van der Waals surface area contributed by atoms with Crippen molar-refractivity contribution in [3.63, 3.8) is 0 Å². The number of nitrogens with zero attached hydrogens (tertiary/aromatic N) is 1. The van der Waals surface area contributed by atoms with Gasteiger partial charge in [-0.05, 0) is 25.1 Å². The average Bonchev–Trinajstić information content (AvgIpc) is 2.98. The van der Waals surface area contributed by atoms with Crippen LogP contribution in [0.25, 0.3) is 11.0 Å². The molecule has 2 N–H and O–H groups in total. The molecule has 1 heterocycles. The number of non-ortho nitro benzene ring substituents is 1. The van der Waals surface area contributed by atoms with Crippen molar-refractivity contribution in [1.29, 1.82) is 0 Å². The molecule has 0 unspecified atom stereocenters. The summed E-state index contributed by atoms with van der Waals surface area (Å²) in [5.74, 6) is -2.16. The molecule has 26 heavy (non-hydrogen) atoms. The molecule has 3 aromatic rings. The van der Waals surface area contributed by atoms with E-state index < -0.39 is 22.6 Å².